The van der Waals surface area contributed by atoms with E-state index < -0.39 is 12.1 Å². The molecule has 34 heavy (non-hydrogen) atoms. The maximum absolute atomic E-state index is 13.6. The smallest absolute Gasteiger partial charge is 0.254 e. The monoisotopic (exact) mass is 461 g/mol. The van der Waals surface area contributed by atoms with Crippen LogP contribution in [-0.4, -0.2) is 64.5 Å². The van der Waals surface area contributed by atoms with Crippen LogP contribution < -0.4 is 5.32 Å². The molecule has 2 aliphatic heterocycles. The number of benzene rings is 2. The van der Waals surface area contributed by atoms with Crippen LogP contribution in [0.15, 0.2) is 54.6 Å². The lowest BCUT2D eigenvalue weighted by atomic mass is 10.0. The molecule has 7 heteroatoms. The van der Waals surface area contributed by atoms with Crippen molar-refractivity contribution in [2.75, 3.05) is 13.1 Å². The number of nitrogens with one attached hydrogen (secondary N) is 1. The van der Waals surface area contributed by atoms with E-state index in [-0.39, 0.29) is 42.0 Å². The van der Waals surface area contributed by atoms with Crippen molar-refractivity contribution in [3.05, 3.63) is 71.3 Å². The second kappa shape index (κ2) is 9.79. The van der Waals surface area contributed by atoms with Crippen molar-refractivity contribution < 1.29 is 19.2 Å². The zero-order valence-corrected chi connectivity index (χ0v) is 19.9. The fourth-order valence-electron chi connectivity index (χ4n) is 5.01. The molecule has 1 N–H and O–H groups in total. The van der Waals surface area contributed by atoms with Crippen molar-refractivity contribution in [1.29, 1.82) is 0 Å². The van der Waals surface area contributed by atoms with Gasteiger partial charge in [0.05, 0.1) is 12.6 Å². The van der Waals surface area contributed by atoms with Crippen LogP contribution in [0.2, 0.25) is 0 Å². The van der Waals surface area contributed by atoms with Gasteiger partial charge in [0.2, 0.25) is 5.91 Å². The molecule has 178 valence electrons. The predicted molar refractivity (Wildman–Crippen MR) is 128 cm³/mol. The second-order valence-electron chi connectivity index (χ2n) is 9.62. The number of aryl methyl sites for hydroxylation is 1. The molecule has 2 saturated heterocycles. The van der Waals surface area contributed by atoms with Gasteiger partial charge in [-0.25, -0.2) is 0 Å². The predicted octanol–water partition coefficient (Wildman–Crippen LogP) is 2.83. The van der Waals surface area contributed by atoms with Gasteiger partial charge in [-0.15, -0.1) is 0 Å². The van der Waals surface area contributed by atoms with E-state index in [0.29, 0.717) is 30.5 Å². The lowest BCUT2D eigenvalue weighted by Crippen LogP contribution is -2.53. The van der Waals surface area contributed by atoms with Gasteiger partial charge in [0, 0.05) is 17.7 Å². The average Bonchev–Trinajstić information content (AvgIpc) is 3.39. The number of carbonyl (C=O) groups is 4. The summed E-state index contributed by atoms with van der Waals surface area (Å²) < 4.78 is 0. The van der Waals surface area contributed by atoms with E-state index in [4.69, 9.17) is 0 Å². The highest BCUT2D eigenvalue weighted by molar-refractivity contribution is 6.03. The lowest BCUT2D eigenvalue weighted by molar-refractivity contribution is -0.138. The van der Waals surface area contributed by atoms with E-state index >= 15 is 0 Å². The zero-order valence-electron chi connectivity index (χ0n) is 19.9. The van der Waals surface area contributed by atoms with Crippen LogP contribution in [-0.2, 0) is 9.59 Å². The minimum atomic E-state index is -0.738. The number of nitrogens with zero attached hydrogens (tertiary/aromatic N) is 2. The number of hydrogen-bond acceptors (Lipinski definition) is 4. The zero-order chi connectivity index (χ0) is 24.4. The van der Waals surface area contributed by atoms with Crippen molar-refractivity contribution >= 4 is 23.5 Å². The van der Waals surface area contributed by atoms with Crippen molar-refractivity contribution in [2.45, 2.75) is 51.7 Å². The Labute approximate surface area is 200 Å². The number of ketones is 1. The van der Waals surface area contributed by atoms with Crippen molar-refractivity contribution in [3.63, 3.8) is 0 Å². The fraction of sp³-hybridized carbons (Fsp3) is 0.407. The summed E-state index contributed by atoms with van der Waals surface area (Å²) in [5.74, 6) is -0.724. The molecule has 3 atom stereocenters. The van der Waals surface area contributed by atoms with Crippen LogP contribution in [0.5, 0.6) is 0 Å². The van der Waals surface area contributed by atoms with Crippen LogP contribution in [0.1, 0.15) is 53.0 Å². The van der Waals surface area contributed by atoms with E-state index in [1.165, 1.54) is 0 Å². The van der Waals surface area contributed by atoms with Gasteiger partial charge in [-0.3, -0.25) is 19.2 Å². The van der Waals surface area contributed by atoms with Gasteiger partial charge < -0.3 is 15.1 Å². The number of rotatable bonds is 6. The molecule has 3 amide bonds. The summed E-state index contributed by atoms with van der Waals surface area (Å²) in [6.45, 7) is 6.27. The molecule has 2 fully saturated rings. The molecule has 2 heterocycles. The van der Waals surface area contributed by atoms with Gasteiger partial charge in [0.1, 0.15) is 12.1 Å². The van der Waals surface area contributed by atoms with Gasteiger partial charge >= 0.3 is 0 Å². The quantitative estimate of drug-likeness (QED) is 0.717. The molecule has 4 rings (SSSR count). The summed E-state index contributed by atoms with van der Waals surface area (Å²) in [6, 6.07) is 14.4. The Morgan fingerprint density at radius 2 is 1.71 bits per heavy atom. The standard InChI is InChI=1S/C27H31N3O4/c1-17(2)14-21(28-25(32)20-11-7-8-18(3)15-20)27(34)29-13-12-22-24(29)23(31)16-30(22)26(33)19-9-5-4-6-10-19/h4-11,15,17,21-22,24H,12-14,16H2,1-3H3,(H,28,32)/t21?,22-,24+/m1/s1. The van der Waals surface area contributed by atoms with Crippen LogP contribution in [0, 0.1) is 12.8 Å². The molecule has 2 aromatic carbocycles. The number of Topliss-reactive ketones (excluding diaryl/α,β-unsaturated/α-hetero) is 1. The normalized spacial score (nSPS) is 20.4. The summed E-state index contributed by atoms with van der Waals surface area (Å²) in [7, 11) is 0. The molecule has 0 spiro atoms. The Kier molecular flexibility index (Phi) is 6.82. The topological polar surface area (TPSA) is 86.8 Å². The van der Waals surface area contributed by atoms with Crippen molar-refractivity contribution in [3.8, 4) is 0 Å². The SMILES string of the molecule is Cc1cccc(C(=O)NC(CC(C)C)C(=O)N2CC[C@@H]3[C@H]2C(=O)CN3C(=O)c2ccccc2)c1. The first kappa shape index (κ1) is 23.7. The summed E-state index contributed by atoms with van der Waals surface area (Å²) in [4.78, 5) is 55.7. The Morgan fingerprint density at radius 3 is 2.38 bits per heavy atom. The largest absolute Gasteiger partial charge is 0.340 e. The first-order valence-electron chi connectivity index (χ1n) is 11.8. The molecule has 0 bridgehead atoms. The Hall–Kier alpha value is -3.48. The van der Waals surface area contributed by atoms with Crippen LogP contribution in [0.4, 0.5) is 0 Å². The average molecular weight is 462 g/mol. The third kappa shape index (κ3) is 4.74. The first-order chi connectivity index (χ1) is 16.3. The summed E-state index contributed by atoms with van der Waals surface area (Å²) in [5, 5.41) is 2.90. The van der Waals surface area contributed by atoms with E-state index in [0.717, 1.165) is 5.56 Å². The number of likely N-dealkylation sites (tertiary alicyclic amines) is 2. The maximum atomic E-state index is 13.6. The molecular weight excluding hydrogens is 430 g/mol. The molecule has 1 unspecified atom stereocenters. The van der Waals surface area contributed by atoms with E-state index in [9.17, 15) is 19.2 Å². The molecule has 0 aromatic heterocycles. The van der Waals surface area contributed by atoms with E-state index in [1.54, 1.807) is 46.2 Å². The molecule has 2 aromatic rings. The first-order valence-corrected chi connectivity index (χ1v) is 11.8. The highest BCUT2D eigenvalue weighted by atomic mass is 16.2. The summed E-state index contributed by atoms with van der Waals surface area (Å²) >= 11 is 0. The number of amides is 3. The molecule has 0 radical (unpaired) electrons. The number of carbonyl (C=O) groups excluding carboxylic acids is 4. The van der Waals surface area contributed by atoms with Gasteiger partial charge in [-0.2, -0.15) is 0 Å². The Balaban J connectivity index is 1.52. The Morgan fingerprint density at radius 1 is 1.00 bits per heavy atom. The van der Waals surface area contributed by atoms with Crippen LogP contribution >= 0.6 is 0 Å². The fourth-order valence-corrected chi connectivity index (χ4v) is 5.01. The second-order valence-corrected chi connectivity index (χ2v) is 9.62. The van der Waals surface area contributed by atoms with Gasteiger partial charge in [0.25, 0.3) is 11.8 Å². The molecule has 2 aliphatic rings. The molecule has 0 aliphatic carbocycles. The van der Waals surface area contributed by atoms with E-state index in [2.05, 4.69) is 5.32 Å². The third-order valence-corrected chi connectivity index (χ3v) is 6.58. The van der Waals surface area contributed by atoms with Crippen molar-refractivity contribution in [1.82, 2.24) is 15.1 Å². The third-order valence-electron chi connectivity index (χ3n) is 6.58. The summed E-state index contributed by atoms with van der Waals surface area (Å²) in [6.07, 6.45) is 1.01. The highest BCUT2D eigenvalue weighted by Gasteiger charge is 2.52. The lowest BCUT2D eigenvalue weighted by Gasteiger charge is -2.29. The van der Waals surface area contributed by atoms with Gasteiger partial charge in [-0.1, -0.05) is 49.7 Å². The van der Waals surface area contributed by atoms with Crippen LogP contribution in [0.3, 0.4) is 0 Å². The molecule has 0 saturated carbocycles. The number of hydrogen-bond donors (Lipinski definition) is 1. The molecule has 7 nitrogen and oxygen atoms in total. The Bertz CT molecular complexity index is 1100. The minimum Gasteiger partial charge on any atom is -0.340 e. The van der Waals surface area contributed by atoms with Crippen molar-refractivity contribution in [2.24, 2.45) is 5.92 Å². The molecular formula is C27H31N3O4. The highest BCUT2D eigenvalue weighted by Crippen LogP contribution is 2.31. The van der Waals surface area contributed by atoms with Gasteiger partial charge in [-0.05, 0) is 49.9 Å². The van der Waals surface area contributed by atoms with Crippen LogP contribution in [0.25, 0.3) is 0 Å². The van der Waals surface area contributed by atoms with E-state index in [1.807, 2.05) is 39.0 Å². The summed E-state index contributed by atoms with van der Waals surface area (Å²) in [5.41, 5.74) is 1.99. The maximum Gasteiger partial charge on any atom is 0.254 e. The minimum absolute atomic E-state index is 0.00264. The number of fused-ring (bicyclic) bond motifs is 1. The van der Waals surface area contributed by atoms with Gasteiger partial charge in [0.15, 0.2) is 5.78 Å².